The van der Waals surface area contributed by atoms with Crippen LogP contribution in [-0.4, -0.2) is 36.6 Å². The predicted molar refractivity (Wildman–Crippen MR) is 85.6 cm³/mol. The van der Waals surface area contributed by atoms with Crippen molar-refractivity contribution in [2.24, 2.45) is 11.8 Å². The molecular weight excluding hydrogens is 232 g/mol. The average Bonchev–Trinajstić information content (AvgIpc) is 2.38. The van der Waals surface area contributed by atoms with Crippen LogP contribution in [0.3, 0.4) is 0 Å². The van der Waals surface area contributed by atoms with Gasteiger partial charge >= 0.3 is 0 Å². The first-order valence-corrected chi connectivity index (χ1v) is 8.51. The second-order valence-corrected chi connectivity index (χ2v) is 6.98. The summed E-state index contributed by atoms with van der Waals surface area (Å²) in [5.41, 5.74) is 0. The first kappa shape index (κ1) is 17.0. The number of likely N-dealkylation sites (tertiary alicyclic amines) is 1. The minimum atomic E-state index is 0.670. The Labute approximate surface area is 121 Å². The molecule has 1 aliphatic heterocycles. The Balaban J connectivity index is 2.23. The number of nitrogens with one attached hydrogen (secondary N) is 1. The van der Waals surface area contributed by atoms with E-state index in [0.717, 1.165) is 11.8 Å². The van der Waals surface area contributed by atoms with E-state index in [4.69, 9.17) is 0 Å². The first-order valence-electron chi connectivity index (χ1n) is 8.51. The molecule has 0 saturated carbocycles. The summed E-state index contributed by atoms with van der Waals surface area (Å²) in [5, 5.41) is 3.84. The number of nitrogens with zero attached hydrogens (tertiary/aromatic N) is 1. The molecule has 1 fully saturated rings. The van der Waals surface area contributed by atoms with Gasteiger partial charge in [-0.25, -0.2) is 0 Å². The summed E-state index contributed by atoms with van der Waals surface area (Å²) in [5.74, 6) is 1.70. The van der Waals surface area contributed by atoms with E-state index in [9.17, 15) is 0 Å². The molecule has 1 saturated heterocycles. The van der Waals surface area contributed by atoms with E-state index in [1.165, 1.54) is 51.7 Å². The second kappa shape index (κ2) is 8.97. The molecule has 1 rings (SSSR count). The van der Waals surface area contributed by atoms with Crippen LogP contribution < -0.4 is 5.32 Å². The minimum Gasteiger partial charge on any atom is -0.311 e. The topological polar surface area (TPSA) is 15.3 Å². The summed E-state index contributed by atoms with van der Waals surface area (Å²) in [7, 11) is 0. The fourth-order valence-electron chi connectivity index (χ4n) is 3.29. The van der Waals surface area contributed by atoms with Crippen molar-refractivity contribution >= 4 is 0 Å². The van der Waals surface area contributed by atoms with Gasteiger partial charge in [-0.2, -0.15) is 0 Å². The summed E-state index contributed by atoms with van der Waals surface area (Å²) >= 11 is 0. The van der Waals surface area contributed by atoms with Gasteiger partial charge in [0.25, 0.3) is 0 Å². The Morgan fingerprint density at radius 1 is 1.16 bits per heavy atom. The van der Waals surface area contributed by atoms with Gasteiger partial charge in [0.2, 0.25) is 0 Å². The average molecular weight is 268 g/mol. The minimum absolute atomic E-state index is 0.670. The lowest BCUT2D eigenvalue weighted by Gasteiger charge is -2.36. The van der Waals surface area contributed by atoms with Crippen LogP contribution >= 0.6 is 0 Å². The molecule has 0 aromatic rings. The molecule has 0 amide bonds. The van der Waals surface area contributed by atoms with Crippen molar-refractivity contribution in [2.75, 3.05) is 19.6 Å². The molecule has 1 N–H and O–H groups in total. The van der Waals surface area contributed by atoms with Crippen LogP contribution in [0, 0.1) is 11.8 Å². The highest BCUT2D eigenvalue weighted by atomic mass is 15.1. The molecule has 1 heterocycles. The second-order valence-electron chi connectivity index (χ2n) is 6.98. The number of rotatable bonds is 8. The Morgan fingerprint density at radius 2 is 1.89 bits per heavy atom. The van der Waals surface area contributed by atoms with Crippen molar-refractivity contribution in [3.8, 4) is 0 Å². The van der Waals surface area contributed by atoms with E-state index < -0.39 is 0 Å². The summed E-state index contributed by atoms with van der Waals surface area (Å²) < 4.78 is 0. The molecule has 0 aromatic heterocycles. The third kappa shape index (κ3) is 6.76. The van der Waals surface area contributed by atoms with Crippen LogP contribution in [-0.2, 0) is 0 Å². The highest BCUT2D eigenvalue weighted by Crippen LogP contribution is 2.20. The van der Waals surface area contributed by atoms with E-state index in [1.54, 1.807) is 0 Å². The maximum absolute atomic E-state index is 3.84. The lowest BCUT2D eigenvalue weighted by molar-refractivity contribution is 0.152. The SMILES string of the molecule is CCN1CCCC(C(C)NC(C)CCCC(C)C)C1. The highest BCUT2D eigenvalue weighted by molar-refractivity contribution is 4.81. The molecule has 0 bridgehead atoms. The molecule has 0 spiro atoms. The highest BCUT2D eigenvalue weighted by Gasteiger charge is 2.24. The van der Waals surface area contributed by atoms with Gasteiger partial charge in [0, 0.05) is 18.6 Å². The van der Waals surface area contributed by atoms with Crippen LogP contribution in [0.2, 0.25) is 0 Å². The maximum atomic E-state index is 3.84. The Bertz CT molecular complexity index is 227. The molecule has 0 radical (unpaired) electrons. The van der Waals surface area contributed by atoms with Crippen LogP contribution in [0.4, 0.5) is 0 Å². The van der Waals surface area contributed by atoms with Gasteiger partial charge in [0.05, 0.1) is 0 Å². The van der Waals surface area contributed by atoms with E-state index in [-0.39, 0.29) is 0 Å². The number of hydrogen-bond donors (Lipinski definition) is 1. The van der Waals surface area contributed by atoms with Gasteiger partial charge < -0.3 is 10.2 Å². The summed E-state index contributed by atoms with van der Waals surface area (Å²) in [4.78, 5) is 2.61. The van der Waals surface area contributed by atoms with Gasteiger partial charge in [-0.3, -0.25) is 0 Å². The molecule has 19 heavy (non-hydrogen) atoms. The monoisotopic (exact) mass is 268 g/mol. The fraction of sp³-hybridized carbons (Fsp3) is 1.00. The van der Waals surface area contributed by atoms with Crippen molar-refractivity contribution in [2.45, 2.75) is 78.8 Å². The molecule has 2 heteroatoms. The molecule has 0 aromatic carbocycles. The van der Waals surface area contributed by atoms with E-state index in [0.29, 0.717) is 12.1 Å². The quantitative estimate of drug-likeness (QED) is 0.718. The molecule has 2 nitrogen and oxygen atoms in total. The van der Waals surface area contributed by atoms with Crippen molar-refractivity contribution in [3.05, 3.63) is 0 Å². The Hall–Kier alpha value is -0.0800. The zero-order valence-electron chi connectivity index (χ0n) is 13.9. The van der Waals surface area contributed by atoms with Crippen LogP contribution in [0.5, 0.6) is 0 Å². The van der Waals surface area contributed by atoms with Gasteiger partial charge in [0.15, 0.2) is 0 Å². The molecule has 3 atom stereocenters. The lowest BCUT2D eigenvalue weighted by atomic mass is 9.91. The molecule has 114 valence electrons. The number of hydrogen-bond acceptors (Lipinski definition) is 2. The third-order valence-electron chi connectivity index (χ3n) is 4.66. The first-order chi connectivity index (χ1) is 9.02. The fourth-order valence-corrected chi connectivity index (χ4v) is 3.29. The van der Waals surface area contributed by atoms with E-state index in [1.807, 2.05) is 0 Å². The third-order valence-corrected chi connectivity index (χ3v) is 4.66. The lowest BCUT2D eigenvalue weighted by Crippen LogP contribution is -2.46. The summed E-state index contributed by atoms with van der Waals surface area (Å²) in [6, 6.07) is 1.34. The molecule has 0 aliphatic carbocycles. The zero-order valence-corrected chi connectivity index (χ0v) is 13.9. The zero-order chi connectivity index (χ0) is 14.3. The van der Waals surface area contributed by atoms with Crippen molar-refractivity contribution in [1.29, 1.82) is 0 Å². The standard InChI is InChI=1S/C17H36N2/c1-6-19-12-8-11-17(13-19)16(5)18-15(4)10-7-9-14(2)3/h14-18H,6-13H2,1-5H3. The summed E-state index contributed by atoms with van der Waals surface area (Å²) in [6.45, 7) is 15.5. The molecule has 3 unspecified atom stereocenters. The van der Waals surface area contributed by atoms with Gasteiger partial charge in [0.1, 0.15) is 0 Å². The predicted octanol–water partition coefficient (Wildman–Crippen LogP) is 3.91. The number of piperidine rings is 1. The van der Waals surface area contributed by atoms with Crippen LogP contribution in [0.1, 0.15) is 66.7 Å². The maximum Gasteiger partial charge on any atom is 0.00816 e. The van der Waals surface area contributed by atoms with Crippen molar-refractivity contribution in [1.82, 2.24) is 10.2 Å². The van der Waals surface area contributed by atoms with Gasteiger partial charge in [-0.1, -0.05) is 33.6 Å². The largest absolute Gasteiger partial charge is 0.311 e. The van der Waals surface area contributed by atoms with Gasteiger partial charge in [-0.15, -0.1) is 0 Å². The van der Waals surface area contributed by atoms with Crippen molar-refractivity contribution in [3.63, 3.8) is 0 Å². The summed E-state index contributed by atoms with van der Waals surface area (Å²) in [6.07, 6.45) is 6.85. The van der Waals surface area contributed by atoms with E-state index >= 15 is 0 Å². The smallest absolute Gasteiger partial charge is 0.00816 e. The Morgan fingerprint density at radius 3 is 2.53 bits per heavy atom. The van der Waals surface area contributed by atoms with Gasteiger partial charge in [-0.05, 0) is 58.0 Å². The van der Waals surface area contributed by atoms with Crippen LogP contribution in [0.25, 0.3) is 0 Å². The normalized spacial score (nSPS) is 24.6. The van der Waals surface area contributed by atoms with Crippen molar-refractivity contribution < 1.29 is 0 Å². The molecular formula is C17H36N2. The Kier molecular flexibility index (Phi) is 8.01. The van der Waals surface area contributed by atoms with Crippen LogP contribution in [0.15, 0.2) is 0 Å². The van der Waals surface area contributed by atoms with E-state index in [2.05, 4.69) is 44.8 Å². The molecule has 1 aliphatic rings.